The number of nitrogens with one attached hydrogen (secondary N) is 2. The molecule has 15 nitrogen and oxygen atoms in total. The van der Waals surface area contributed by atoms with Gasteiger partial charge < -0.3 is 44.2 Å². The number of aromatic nitrogens is 2. The van der Waals surface area contributed by atoms with Gasteiger partial charge in [0.1, 0.15) is 11.9 Å². The molecule has 0 bridgehead atoms. The van der Waals surface area contributed by atoms with Gasteiger partial charge in [-0.05, 0) is 37.1 Å². The highest BCUT2D eigenvalue weighted by Crippen LogP contribution is 2.43. The van der Waals surface area contributed by atoms with E-state index in [1.165, 1.54) is 11.1 Å². The van der Waals surface area contributed by atoms with Crippen LogP contribution < -0.4 is 40.1 Å². The number of anilines is 3. The summed E-state index contributed by atoms with van der Waals surface area (Å²) in [5.74, 6) is 1.08. The zero-order valence-corrected chi connectivity index (χ0v) is 23.1. The second-order valence-corrected chi connectivity index (χ2v) is 10.8. The van der Waals surface area contributed by atoms with E-state index >= 15 is 0 Å². The smallest absolute Gasteiger partial charge is 0.492 e. The number of cyclic esters (lactones) is 1. The first-order chi connectivity index (χ1) is 20.8. The maximum Gasteiger partial charge on any atom is 0.511 e. The Morgan fingerprint density at radius 2 is 1.98 bits per heavy atom. The highest BCUT2D eigenvalue weighted by molar-refractivity contribution is 5.95. The molecule has 0 spiro atoms. The highest BCUT2D eigenvalue weighted by Gasteiger charge is 2.37. The third-order valence-electron chi connectivity index (χ3n) is 7.90. The fraction of sp³-hybridized carbons (Fsp3) is 0.393. The number of hydrogen-bond acceptors (Lipinski definition) is 11. The number of carbonyl (C=O) groups is 3. The third kappa shape index (κ3) is 4.90. The van der Waals surface area contributed by atoms with Gasteiger partial charge in [0.25, 0.3) is 5.91 Å². The fourth-order valence-electron chi connectivity index (χ4n) is 5.66. The highest BCUT2D eigenvalue weighted by atomic mass is 16.7. The number of carboxylic acid groups (broad SMARTS) is 1. The zero-order chi connectivity index (χ0) is 29.8. The Bertz CT molecular complexity index is 1720. The summed E-state index contributed by atoms with van der Waals surface area (Å²) >= 11 is 0. The summed E-state index contributed by atoms with van der Waals surface area (Å²) in [5, 5.41) is 15.5. The zero-order valence-electron chi connectivity index (χ0n) is 23.1. The van der Waals surface area contributed by atoms with Gasteiger partial charge in [-0.2, -0.15) is 0 Å². The van der Waals surface area contributed by atoms with E-state index in [1.54, 1.807) is 31.4 Å². The molecule has 3 fully saturated rings. The van der Waals surface area contributed by atoms with Crippen molar-refractivity contribution in [1.29, 1.82) is 0 Å². The minimum atomic E-state index is -1.54. The molecule has 5 heterocycles. The van der Waals surface area contributed by atoms with Crippen LogP contribution in [0, 0.1) is 0 Å². The Labute approximate surface area is 243 Å². The maximum atomic E-state index is 13.0. The molecule has 1 saturated carbocycles. The van der Waals surface area contributed by atoms with Gasteiger partial charge in [-0.15, -0.1) is 0 Å². The van der Waals surface area contributed by atoms with Crippen LogP contribution in [0.1, 0.15) is 18.9 Å². The average molecular weight is 593 g/mol. The summed E-state index contributed by atoms with van der Waals surface area (Å²) in [4.78, 5) is 56.3. The van der Waals surface area contributed by atoms with E-state index in [2.05, 4.69) is 20.5 Å². The van der Waals surface area contributed by atoms with Crippen molar-refractivity contribution in [2.45, 2.75) is 31.0 Å². The van der Waals surface area contributed by atoms with E-state index < -0.39 is 23.8 Å². The molecule has 2 aromatic heterocycles. The first kappa shape index (κ1) is 26.8. The number of carbonyl (C=O) groups excluding carboxylic acids is 2. The van der Waals surface area contributed by atoms with Crippen molar-refractivity contribution >= 4 is 46.4 Å². The van der Waals surface area contributed by atoms with Crippen LogP contribution in [-0.4, -0.2) is 84.9 Å². The third-order valence-corrected chi connectivity index (χ3v) is 7.90. The minimum absolute atomic E-state index is 0.0772. The van der Waals surface area contributed by atoms with Crippen LogP contribution in [0.5, 0.6) is 17.2 Å². The number of ether oxygens (including phenoxy) is 4. The van der Waals surface area contributed by atoms with Gasteiger partial charge in [0, 0.05) is 31.7 Å². The van der Waals surface area contributed by atoms with Crippen LogP contribution in [-0.2, 0) is 9.53 Å². The molecule has 7 rings (SSSR count). The van der Waals surface area contributed by atoms with Crippen molar-refractivity contribution in [2.75, 3.05) is 55.0 Å². The van der Waals surface area contributed by atoms with Gasteiger partial charge in [0.05, 0.1) is 36.4 Å². The Balaban J connectivity index is 1.01. The van der Waals surface area contributed by atoms with Crippen LogP contribution in [0.2, 0.25) is 0 Å². The maximum absolute atomic E-state index is 13.0. The van der Waals surface area contributed by atoms with E-state index in [4.69, 9.17) is 24.1 Å². The lowest BCUT2D eigenvalue weighted by molar-refractivity contribution is -0.118. The monoisotopic (exact) mass is 592 g/mol. The Hall–Kier alpha value is -5.05. The second kappa shape index (κ2) is 10.3. The lowest BCUT2D eigenvalue weighted by atomic mass is 10.0. The fourth-order valence-corrected chi connectivity index (χ4v) is 5.66. The van der Waals surface area contributed by atoms with Crippen molar-refractivity contribution in [3.05, 3.63) is 40.7 Å². The normalized spacial score (nSPS) is 19.8. The number of benzene rings is 1. The van der Waals surface area contributed by atoms with E-state index in [1.807, 2.05) is 4.57 Å². The molecule has 3 aliphatic heterocycles. The molecule has 2 amide bonds. The molecule has 3 N–H and O–H groups in total. The first-order valence-electron chi connectivity index (χ1n) is 13.9. The molecule has 0 radical (unpaired) electrons. The lowest BCUT2D eigenvalue weighted by Crippen LogP contribution is -2.59. The topological polar surface area (TPSA) is 174 Å². The number of hydrogen-bond donors (Lipinski definition) is 3. The first-order valence-corrected chi connectivity index (χ1v) is 13.9. The molecule has 0 unspecified atom stereocenters. The van der Waals surface area contributed by atoms with Crippen LogP contribution in [0.4, 0.5) is 26.9 Å². The molecule has 2 saturated heterocycles. The average Bonchev–Trinajstić information content (AvgIpc) is 3.74. The van der Waals surface area contributed by atoms with Gasteiger partial charge in [0.15, 0.2) is 29.7 Å². The largest absolute Gasteiger partial charge is 0.511 e. The molecule has 1 aliphatic carbocycles. The van der Waals surface area contributed by atoms with Crippen LogP contribution in [0.3, 0.4) is 0 Å². The second-order valence-electron chi connectivity index (χ2n) is 10.8. The Morgan fingerprint density at radius 1 is 1.16 bits per heavy atom. The number of pyridine rings is 2. The van der Waals surface area contributed by atoms with Crippen molar-refractivity contribution in [1.82, 2.24) is 14.9 Å². The van der Waals surface area contributed by atoms with Crippen molar-refractivity contribution < 1.29 is 38.4 Å². The van der Waals surface area contributed by atoms with E-state index in [0.29, 0.717) is 54.4 Å². The van der Waals surface area contributed by atoms with Gasteiger partial charge in [0.2, 0.25) is 5.43 Å². The van der Waals surface area contributed by atoms with Gasteiger partial charge in [-0.1, -0.05) is 0 Å². The number of nitrogens with zero attached hydrogens (tertiary/aromatic N) is 4. The summed E-state index contributed by atoms with van der Waals surface area (Å²) < 4.78 is 23.3. The van der Waals surface area contributed by atoms with Crippen molar-refractivity contribution in [3.63, 3.8) is 0 Å². The Kier molecular flexibility index (Phi) is 6.45. The molecule has 43 heavy (non-hydrogen) atoms. The molecule has 4 aliphatic rings. The van der Waals surface area contributed by atoms with Crippen LogP contribution >= 0.6 is 0 Å². The minimum Gasteiger partial charge on any atom is -0.492 e. The van der Waals surface area contributed by atoms with Crippen LogP contribution in [0.15, 0.2) is 35.3 Å². The van der Waals surface area contributed by atoms with Crippen LogP contribution in [0.25, 0.3) is 10.9 Å². The van der Waals surface area contributed by atoms with E-state index in [0.717, 1.165) is 18.5 Å². The quantitative estimate of drug-likeness (QED) is 0.325. The number of fused-ring (bicyclic) bond motifs is 2. The molecule has 224 valence electrons. The van der Waals surface area contributed by atoms with E-state index in [9.17, 15) is 19.2 Å². The van der Waals surface area contributed by atoms with Gasteiger partial charge >= 0.3 is 12.2 Å². The predicted molar refractivity (Wildman–Crippen MR) is 152 cm³/mol. The molecular formula is C28H28N6O9. The van der Waals surface area contributed by atoms with Crippen molar-refractivity contribution in [2.24, 2.45) is 0 Å². The number of amides is 2. The molecule has 15 heteroatoms. The number of methoxy groups -OCH3 is 1. The summed E-state index contributed by atoms with van der Waals surface area (Å²) in [6, 6.07) is 7.05. The predicted octanol–water partition coefficient (Wildman–Crippen LogP) is 1.93. The molecular weight excluding hydrogens is 564 g/mol. The SMILES string of the molecule is COc1c(N2CC(NC[C@@H]3CN(c4ccc5c(n4)NC(=O)CO5)C(=O)O3)C2)ccc2c(=O)c(OC(=O)O)cn(C3CC3)c12. The Morgan fingerprint density at radius 3 is 2.72 bits per heavy atom. The standard InChI is InChI=1S/C28H28N6O9/c1-40-25-18(5-4-17-23(25)33(15-2-3-15)12-20(24(17)36)43-28(38)39)32-9-14(10-32)29-8-16-11-34(27(37)42-16)21-7-6-19-26(30-21)31-22(35)13-41-19/h4-7,12,14-16,29H,2-3,8-11,13H2,1H3,(H,38,39)(H,30,31,35)/t16-/m1/s1. The van der Waals surface area contributed by atoms with E-state index in [-0.39, 0.29) is 36.2 Å². The van der Waals surface area contributed by atoms with Gasteiger partial charge in [-0.25, -0.2) is 14.6 Å². The van der Waals surface area contributed by atoms with Crippen molar-refractivity contribution in [3.8, 4) is 17.2 Å². The summed E-state index contributed by atoms with van der Waals surface area (Å²) in [5.41, 5.74) is 0.925. The summed E-state index contributed by atoms with van der Waals surface area (Å²) in [6.07, 6.45) is 0.822. The lowest BCUT2D eigenvalue weighted by Gasteiger charge is -2.42. The number of rotatable bonds is 8. The molecule has 1 atom stereocenters. The summed E-state index contributed by atoms with van der Waals surface area (Å²) in [7, 11) is 1.55. The molecule has 3 aromatic rings. The summed E-state index contributed by atoms with van der Waals surface area (Å²) in [6.45, 7) is 1.98. The van der Waals surface area contributed by atoms with Gasteiger partial charge in [-0.3, -0.25) is 14.5 Å². The molecule has 1 aromatic carbocycles.